The van der Waals surface area contributed by atoms with Crippen LogP contribution in [0.25, 0.3) is 0 Å². The Balaban J connectivity index is 2.10. The second kappa shape index (κ2) is 7.88. The van der Waals surface area contributed by atoms with E-state index in [9.17, 15) is 9.18 Å². The molecular weight excluding hydrogens is 335 g/mol. The summed E-state index contributed by atoms with van der Waals surface area (Å²) in [5, 5.41) is 6.13. The highest BCUT2D eigenvalue weighted by atomic mass is 35.5. The summed E-state index contributed by atoms with van der Waals surface area (Å²) < 4.78 is 23.3. The quantitative estimate of drug-likeness (QED) is 0.826. The fourth-order valence-corrected chi connectivity index (χ4v) is 2.30. The predicted octanol–water partition coefficient (Wildman–Crippen LogP) is 3.94. The van der Waals surface area contributed by atoms with E-state index in [0.717, 1.165) is 0 Å². The predicted molar refractivity (Wildman–Crippen MR) is 92.7 cm³/mol. The highest BCUT2D eigenvalue weighted by Crippen LogP contribution is 2.36. The third-order valence-electron chi connectivity index (χ3n) is 3.35. The third kappa shape index (κ3) is 4.29. The van der Waals surface area contributed by atoms with Crippen molar-refractivity contribution in [1.82, 2.24) is 0 Å². The van der Waals surface area contributed by atoms with Gasteiger partial charge in [0.25, 0.3) is 0 Å². The lowest BCUT2D eigenvalue weighted by Gasteiger charge is -2.18. The van der Waals surface area contributed by atoms with E-state index in [2.05, 4.69) is 10.6 Å². The van der Waals surface area contributed by atoms with Crippen molar-refractivity contribution >= 4 is 28.9 Å². The molecule has 1 amide bonds. The molecule has 128 valence electrons. The summed E-state index contributed by atoms with van der Waals surface area (Å²) >= 11 is 6.11. The molecule has 2 aromatic carbocycles. The molecule has 0 saturated heterocycles. The van der Waals surface area contributed by atoms with Crippen molar-refractivity contribution in [1.29, 1.82) is 0 Å². The zero-order chi connectivity index (χ0) is 17.7. The van der Waals surface area contributed by atoms with Gasteiger partial charge in [0.15, 0.2) is 0 Å². The van der Waals surface area contributed by atoms with Crippen LogP contribution in [0.1, 0.15) is 6.92 Å². The number of carbonyl (C=O) groups is 1. The Morgan fingerprint density at radius 2 is 1.75 bits per heavy atom. The lowest BCUT2D eigenvalue weighted by molar-refractivity contribution is -0.116. The molecule has 0 bridgehead atoms. The second-order valence-electron chi connectivity index (χ2n) is 5.05. The van der Waals surface area contributed by atoms with E-state index in [1.807, 2.05) is 0 Å². The maximum absolute atomic E-state index is 12.9. The number of anilines is 2. The minimum atomic E-state index is -0.576. The van der Waals surface area contributed by atoms with Gasteiger partial charge in [-0.05, 0) is 37.3 Å². The van der Waals surface area contributed by atoms with Crippen LogP contribution >= 0.6 is 11.6 Å². The fourth-order valence-electron chi connectivity index (χ4n) is 2.06. The van der Waals surface area contributed by atoms with Crippen molar-refractivity contribution in [3.63, 3.8) is 0 Å². The van der Waals surface area contributed by atoms with E-state index in [1.54, 1.807) is 19.1 Å². The summed E-state index contributed by atoms with van der Waals surface area (Å²) in [7, 11) is 3.02. The van der Waals surface area contributed by atoms with Gasteiger partial charge in [-0.2, -0.15) is 0 Å². The Kier molecular flexibility index (Phi) is 5.87. The zero-order valence-corrected chi connectivity index (χ0v) is 14.3. The standard InChI is InChI=1S/C17H18ClFN2O3/c1-10(17(22)21-12-6-4-11(19)5-7-12)20-14-8-13(18)15(23-2)9-16(14)24-3/h4-10,20H,1-3H3,(H,21,22)/t10-/m0/s1. The smallest absolute Gasteiger partial charge is 0.246 e. The lowest BCUT2D eigenvalue weighted by Crippen LogP contribution is -2.32. The van der Waals surface area contributed by atoms with E-state index < -0.39 is 6.04 Å². The van der Waals surface area contributed by atoms with Crippen LogP contribution in [0.3, 0.4) is 0 Å². The van der Waals surface area contributed by atoms with Crippen LogP contribution < -0.4 is 20.1 Å². The number of hydrogen-bond acceptors (Lipinski definition) is 4. The van der Waals surface area contributed by atoms with Gasteiger partial charge in [-0.3, -0.25) is 4.79 Å². The SMILES string of the molecule is COc1cc(OC)c(N[C@@H](C)C(=O)Nc2ccc(F)cc2)cc1Cl. The molecule has 0 radical (unpaired) electrons. The Labute approximate surface area is 144 Å². The van der Waals surface area contributed by atoms with Crippen LogP contribution in [0.15, 0.2) is 36.4 Å². The molecule has 5 nitrogen and oxygen atoms in total. The lowest BCUT2D eigenvalue weighted by atomic mass is 10.2. The highest BCUT2D eigenvalue weighted by molar-refractivity contribution is 6.32. The first-order valence-corrected chi connectivity index (χ1v) is 7.57. The monoisotopic (exact) mass is 352 g/mol. The van der Waals surface area contributed by atoms with Gasteiger partial charge in [0.1, 0.15) is 23.4 Å². The normalized spacial score (nSPS) is 11.5. The van der Waals surface area contributed by atoms with Crippen molar-refractivity contribution in [2.75, 3.05) is 24.9 Å². The molecular formula is C17H18ClFN2O3. The molecule has 0 aliphatic heterocycles. The first kappa shape index (κ1) is 17.9. The molecule has 0 saturated carbocycles. The average Bonchev–Trinajstić information content (AvgIpc) is 2.57. The zero-order valence-electron chi connectivity index (χ0n) is 13.5. The number of amides is 1. The Morgan fingerprint density at radius 3 is 2.33 bits per heavy atom. The Hall–Kier alpha value is -2.47. The molecule has 0 unspecified atom stereocenters. The van der Waals surface area contributed by atoms with Crippen LogP contribution in [-0.2, 0) is 4.79 Å². The molecule has 0 aromatic heterocycles. The summed E-state index contributed by atoms with van der Waals surface area (Å²) in [6.07, 6.45) is 0. The minimum Gasteiger partial charge on any atom is -0.495 e. The van der Waals surface area contributed by atoms with E-state index in [4.69, 9.17) is 21.1 Å². The molecule has 2 rings (SSSR count). The molecule has 0 spiro atoms. The molecule has 24 heavy (non-hydrogen) atoms. The molecule has 2 aromatic rings. The summed E-state index contributed by atoms with van der Waals surface area (Å²) in [6.45, 7) is 1.69. The van der Waals surface area contributed by atoms with Crippen molar-refractivity contribution in [3.05, 3.63) is 47.2 Å². The number of halogens is 2. The van der Waals surface area contributed by atoms with Gasteiger partial charge < -0.3 is 20.1 Å². The van der Waals surface area contributed by atoms with Crippen LogP contribution in [0.4, 0.5) is 15.8 Å². The van der Waals surface area contributed by atoms with E-state index in [0.29, 0.717) is 27.9 Å². The number of hydrogen-bond donors (Lipinski definition) is 2. The Morgan fingerprint density at radius 1 is 1.12 bits per heavy atom. The molecule has 7 heteroatoms. The maximum Gasteiger partial charge on any atom is 0.246 e. The number of nitrogens with one attached hydrogen (secondary N) is 2. The van der Waals surface area contributed by atoms with Crippen LogP contribution in [0, 0.1) is 5.82 Å². The van der Waals surface area contributed by atoms with E-state index in [1.165, 1.54) is 38.5 Å². The van der Waals surface area contributed by atoms with Crippen LogP contribution in [0.2, 0.25) is 5.02 Å². The van der Waals surface area contributed by atoms with Gasteiger partial charge in [-0.15, -0.1) is 0 Å². The van der Waals surface area contributed by atoms with Gasteiger partial charge in [-0.1, -0.05) is 11.6 Å². The van der Waals surface area contributed by atoms with Crippen molar-refractivity contribution in [2.45, 2.75) is 13.0 Å². The Bertz CT molecular complexity index is 723. The van der Waals surface area contributed by atoms with Gasteiger partial charge >= 0.3 is 0 Å². The minimum absolute atomic E-state index is 0.282. The summed E-state index contributed by atoms with van der Waals surface area (Å²) in [5.74, 6) is 0.326. The van der Waals surface area contributed by atoms with Crippen LogP contribution in [-0.4, -0.2) is 26.2 Å². The molecule has 1 atom stereocenters. The summed E-state index contributed by atoms with van der Waals surface area (Å²) in [6, 6.07) is 8.22. The number of methoxy groups -OCH3 is 2. The molecule has 0 fully saturated rings. The number of carbonyl (C=O) groups excluding carboxylic acids is 1. The molecule has 0 aliphatic carbocycles. The number of ether oxygens (including phenoxy) is 2. The molecule has 0 aliphatic rings. The maximum atomic E-state index is 12.9. The molecule has 0 heterocycles. The van der Waals surface area contributed by atoms with Crippen molar-refractivity contribution < 1.29 is 18.7 Å². The molecule has 2 N–H and O–H groups in total. The number of rotatable bonds is 6. The second-order valence-corrected chi connectivity index (χ2v) is 5.46. The van der Waals surface area contributed by atoms with E-state index >= 15 is 0 Å². The average molecular weight is 353 g/mol. The van der Waals surface area contributed by atoms with Gasteiger partial charge in [0, 0.05) is 11.8 Å². The largest absolute Gasteiger partial charge is 0.495 e. The third-order valence-corrected chi connectivity index (χ3v) is 3.65. The fraction of sp³-hybridized carbons (Fsp3) is 0.235. The van der Waals surface area contributed by atoms with Crippen LogP contribution in [0.5, 0.6) is 11.5 Å². The highest BCUT2D eigenvalue weighted by Gasteiger charge is 2.17. The van der Waals surface area contributed by atoms with Gasteiger partial charge in [-0.25, -0.2) is 4.39 Å². The summed E-state index contributed by atoms with van der Waals surface area (Å²) in [5.41, 5.74) is 1.07. The van der Waals surface area contributed by atoms with Crippen molar-refractivity contribution in [3.8, 4) is 11.5 Å². The topological polar surface area (TPSA) is 59.6 Å². The first-order valence-electron chi connectivity index (χ1n) is 7.19. The van der Waals surface area contributed by atoms with Gasteiger partial charge in [0.05, 0.1) is 24.9 Å². The van der Waals surface area contributed by atoms with Crippen molar-refractivity contribution in [2.24, 2.45) is 0 Å². The number of benzene rings is 2. The first-order chi connectivity index (χ1) is 11.4. The van der Waals surface area contributed by atoms with E-state index in [-0.39, 0.29) is 11.7 Å². The summed E-state index contributed by atoms with van der Waals surface area (Å²) in [4.78, 5) is 12.2. The van der Waals surface area contributed by atoms with Gasteiger partial charge in [0.2, 0.25) is 5.91 Å².